The molecule has 5 nitrogen and oxygen atoms in total. The van der Waals surface area contributed by atoms with Crippen LogP contribution in [0.25, 0.3) is 0 Å². The molecule has 1 saturated heterocycles. The lowest BCUT2D eigenvalue weighted by Gasteiger charge is -2.33. The van der Waals surface area contributed by atoms with E-state index in [0.29, 0.717) is 18.3 Å². The Morgan fingerprint density at radius 3 is 3.05 bits per heavy atom. The molecule has 22 heavy (non-hydrogen) atoms. The standard InChI is InChI=1S/C16H22N2O3S/c1-3-21-15(19)12-6-5-9-18(11-12)16(22)17-13-7-4-8-14(10-13)20-2/h4,7-8,10,12H,3,5-6,9,11H2,1-2H3,(H,17,22). The monoisotopic (exact) mass is 322 g/mol. The van der Waals surface area contributed by atoms with Crippen molar-refractivity contribution in [2.45, 2.75) is 19.8 Å². The summed E-state index contributed by atoms with van der Waals surface area (Å²) in [7, 11) is 1.63. The maximum Gasteiger partial charge on any atom is 0.310 e. The Kier molecular flexibility index (Phi) is 6.00. The number of anilines is 1. The minimum absolute atomic E-state index is 0.0984. The molecule has 120 valence electrons. The van der Waals surface area contributed by atoms with E-state index in [9.17, 15) is 4.79 Å². The largest absolute Gasteiger partial charge is 0.497 e. The molecule has 0 saturated carbocycles. The van der Waals surface area contributed by atoms with E-state index in [1.165, 1.54) is 0 Å². The molecule has 0 spiro atoms. The predicted molar refractivity (Wildman–Crippen MR) is 90.1 cm³/mol. The van der Waals surface area contributed by atoms with Gasteiger partial charge in [-0.1, -0.05) is 6.07 Å². The van der Waals surface area contributed by atoms with Crippen LogP contribution in [0.4, 0.5) is 5.69 Å². The quantitative estimate of drug-likeness (QED) is 0.679. The van der Waals surface area contributed by atoms with E-state index in [2.05, 4.69) is 5.32 Å². The van der Waals surface area contributed by atoms with Gasteiger partial charge in [0.1, 0.15) is 5.75 Å². The van der Waals surface area contributed by atoms with Gasteiger partial charge in [0.25, 0.3) is 0 Å². The van der Waals surface area contributed by atoms with Crippen LogP contribution in [0.3, 0.4) is 0 Å². The molecule has 1 heterocycles. The Labute approximate surface area is 136 Å². The number of hydrogen-bond donors (Lipinski definition) is 1. The lowest BCUT2D eigenvalue weighted by atomic mass is 9.98. The summed E-state index contributed by atoms with van der Waals surface area (Å²) < 4.78 is 10.3. The van der Waals surface area contributed by atoms with Gasteiger partial charge < -0.3 is 19.7 Å². The van der Waals surface area contributed by atoms with Crippen molar-refractivity contribution >= 4 is 29.0 Å². The summed E-state index contributed by atoms with van der Waals surface area (Å²) in [6, 6.07) is 7.61. The molecule has 1 aliphatic heterocycles. The summed E-state index contributed by atoms with van der Waals surface area (Å²) >= 11 is 5.46. The first-order valence-electron chi connectivity index (χ1n) is 7.50. The molecule has 1 atom stereocenters. The van der Waals surface area contributed by atoms with Crippen LogP contribution in [-0.2, 0) is 9.53 Å². The molecular weight excluding hydrogens is 300 g/mol. The summed E-state index contributed by atoms with van der Waals surface area (Å²) in [6.45, 7) is 3.70. The number of nitrogens with one attached hydrogen (secondary N) is 1. The number of thiocarbonyl (C=S) groups is 1. The van der Waals surface area contributed by atoms with E-state index in [1.54, 1.807) is 7.11 Å². The first-order valence-corrected chi connectivity index (χ1v) is 7.91. The van der Waals surface area contributed by atoms with Gasteiger partial charge in [-0.25, -0.2) is 0 Å². The summed E-state index contributed by atoms with van der Waals surface area (Å²) in [5, 5.41) is 3.83. The lowest BCUT2D eigenvalue weighted by Crippen LogP contribution is -2.44. The van der Waals surface area contributed by atoms with Crippen LogP contribution in [-0.4, -0.2) is 42.8 Å². The molecule has 1 aromatic carbocycles. The number of piperidine rings is 1. The average Bonchev–Trinajstić information content (AvgIpc) is 2.55. The number of esters is 1. The van der Waals surface area contributed by atoms with Crippen LogP contribution in [0.15, 0.2) is 24.3 Å². The summed E-state index contributed by atoms with van der Waals surface area (Å²) in [5.74, 6) is 0.547. The second-order valence-corrected chi connectivity index (χ2v) is 5.59. The minimum atomic E-state index is -0.128. The number of ether oxygens (including phenoxy) is 2. The second kappa shape index (κ2) is 7.98. The molecule has 0 aliphatic carbocycles. The van der Waals surface area contributed by atoms with E-state index in [1.807, 2.05) is 36.1 Å². The molecule has 0 aromatic heterocycles. The molecule has 1 unspecified atom stereocenters. The molecule has 2 rings (SSSR count). The highest BCUT2D eigenvalue weighted by atomic mass is 32.1. The first-order chi connectivity index (χ1) is 10.6. The third-order valence-electron chi connectivity index (χ3n) is 3.65. The molecular formula is C16H22N2O3S. The van der Waals surface area contributed by atoms with Gasteiger partial charge in [-0.3, -0.25) is 4.79 Å². The maximum atomic E-state index is 11.9. The Bertz CT molecular complexity index is 536. The minimum Gasteiger partial charge on any atom is -0.497 e. The first kappa shape index (κ1) is 16.5. The number of nitrogens with zero attached hydrogens (tertiary/aromatic N) is 1. The second-order valence-electron chi connectivity index (χ2n) is 5.20. The highest BCUT2D eigenvalue weighted by Crippen LogP contribution is 2.21. The number of likely N-dealkylation sites (tertiary alicyclic amines) is 1. The Balaban J connectivity index is 1.95. The number of methoxy groups -OCH3 is 1. The van der Waals surface area contributed by atoms with Crippen molar-refractivity contribution < 1.29 is 14.3 Å². The van der Waals surface area contributed by atoms with E-state index in [0.717, 1.165) is 30.8 Å². The van der Waals surface area contributed by atoms with Crippen LogP contribution in [0.5, 0.6) is 5.75 Å². The van der Waals surface area contributed by atoms with E-state index in [4.69, 9.17) is 21.7 Å². The van der Waals surface area contributed by atoms with Gasteiger partial charge in [-0.2, -0.15) is 0 Å². The topological polar surface area (TPSA) is 50.8 Å². The van der Waals surface area contributed by atoms with Crippen molar-refractivity contribution in [3.05, 3.63) is 24.3 Å². The Morgan fingerprint density at radius 1 is 1.50 bits per heavy atom. The van der Waals surface area contributed by atoms with Gasteiger partial charge in [0, 0.05) is 24.8 Å². The Morgan fingerprint density at radius 2 is 2.32 bits per heavy atom. The third kappa shape index (κ3) is 4.34. The van der Waals surface area contributed by atoms with Crippen molar-refractivity contribution in [2.24, 2.45) is 5.92 Å². The van der Waals surface area contributed by atoms with Crippen molar-refractivity contribution in [3.63, 3.8) is 0 Å². The highest BCUT2D eigenvalue weighted by Gasteiger charge is 2.28. The Hall–Kier alpha value is -1.82. The molecule has 0 radical (unpaired) electrons. The fourth-order valence-electron chi connectivity index (χ4n) is 2.52. The van der Waals surface area contributed by atoms with Gasteiger partial charge in [0.15, 0.2) is 5.11 Å². The molecule has 6 heteroatoms. The zero-order chi connectivity index (χ0) is 15.9. The van der Waals surface area contributed by atoms with Crippen molar-refractivity contribution in [1.82, 2.24) is 4.90 Å². The number of carbonyl (C=O) groups excluding carboxylic acids is 1. The third-order valence-corrected chi connectivity index (χ3v) is 4.01. The molecule has 0 amide bonds. The summed E-state index contributed by atoms with van der Waals surface area (Å²) in [5.41, 5.74) is 0.877. The van der Waals surface area contributed by atoms with Gasteiger partial charge >= 0.3 is 5.97 Å². The van der Waals surface area contributed by atoms with Crippen molar-refractivity contribution in [2.75, 3.05) is 32.1 Å². The molecule has 1 N–H and O–H groups in total. The zero-order valence-electron chi connectivity index (χ0n) is 13.0. The summed E-state index contributed by atoms with van der Waals surface area (Å²) in [6.07, 6.45) is 1.79. The number of carbonyl (C=O) groups is 1. The van der Waals surface area contributed by atoms with E-state index < -0.39 is 0 Å². The predicted octanol–water partition coefficient (Wildman–Crippen LogP) is 2.67. The number of rotatable bonds is 4. The maximum absolute atomic E-state index is 11.9. The van der Waals surface area contributed by atoms with Crippen LogP contribution in [0.2, 0.25) is 0 Å². The zero-order valence-corrected chi connectivity index (χ0v) is 13.8. The van der Waals surface area contributed by atoms with Gasteiger partial charge in [0.05, 0.1) is 19.6 Å². The highest BCUT2D eigenvalue weighted by molar-refractivity contribution is 7.80. The molecule has 1 fully saturated rings. The van der Waals surface area contributed by atoms with Crippen molar-refractivity contribution in [3.8, 4) is 5.75 Å². The van der Waals surface area contributed by atoms with Crippen LogP contribution >= 0.6 is 12.2 Å². The summed E-state index contributed by atoms with van der Waals surface area (Å²) in [4.78, 5) is 13.9. The fourth-order valence-corrected chi connectivity index (χ4v) is 2.80. The van der Waals surface area contributed by atoms with Gasteiger partial charge in [-0.05, 0) is 44.1 Å². The lowest BCUT2D eigenvalue weighted by molar-refractivity contribution is -0.149. The van der Waals surface area contributed by atoms with Crippen LogP contribution < -0.4 is 10.1 Å². The SMILES string of the molecule is CCOC(=O)C1CCCN(C(=S)Nc2cccc(OC)c2)C1. The molecule has 0 bridgehead atoms. The number of hydrogen-bond acceptors (Lipinski definition) is 4. The smallest absolute Gasteiger partial charge is 0.310 e. The van der Waals surface area contributed by atoms with Crippen LogP contribution in [0, 0.1) is 5.92 Å². The van der Waals surface area contributed by atoms with Gasteiger partial charge in [0.2, 0.25) is 0 Å². The van der Waals surface area contributed by atoms with E-state index in [-0.39, 0.29) is 11.9 Å². The number of benzene rings is 1. The van der Waals surface area contributed by atoms with E-state index >= 15 is 0 Å². The molecule has 1 aromatic rings. The van der Waals surface area contributed by atoms with Crippen molar-refractivity contribution in [1.29, 1.82) is 0 Å². The average molecular weight is 322 g/mol. The van der Waals surface area contributed by atoms with Crippen LogP contribution in [0.1, 0.15) is 19.8 Å². The molecule has 1 aliphatic rings. The fraction of sp³-hybridized carbons (Fsp3) is 0.500. The normalized spacial score (nSPS) is 17.7. The van der Waals surface area contributed by atoms with Gasteiger partial charge in [-0.15, -0.1) is 0 Å².